The maximum atomic E-state index is 6.04. The molecule has 1 aromatic rings. The van der Waals surface area contributed by atoms with Crippen LogP contribution in [0.1, 0.15) is 34.1 Å². The van der Waals surface area contributed by atoms with Crippen LogP contribution in [0, 0.1) is 11.8 Å². The molecule has 0 aromatic carbocycles. The molecule has 0 amide bonds. The Kier molecular flexibility index (Phi) is 6.44. The molecule has 0 saturated carbocycles. The number of hydrogen-bond donors (Lipinski definition) is 0. The summed E-state index contributed by atoms with van der Waals surface area (Å²) in [7, 11) is -0.353. The first-order valence-corrected chi connectivity index (χ1v) is 8.31. The van der Waals surface area contributed by atoms with Crippen molar-refractivity contribution in [3.8, 4) is 0 Å². The third-order valence-corrected chi connectivity index (χ3v) is 4.23. The minimum Gasteiger partial charge on any atom is -0.381 e. The second kappa shape index (κ2) is 7.61. The van der Waals surface area contributed by atoms with Crippen molar-refractivity contribution in [2.24, 2.45) is 11.8 Å². The SMILES string of the molecule is CC(C)CC(OC[SiH2]c1ccccn1)C(C)C. The summed E-state index contributed by atoms with van der Waals surface area (Å²) in [5, 5.41) is 1.25. The molecule has 1 aromatic heterocycles. The van der Waals surface area contributed by atoms with Gasteiger partial charge in [0.2, 0.25) is 0 Å². The number of aromatic nitrogens is 1. The van der Waals surface area contributed by atoms with E-state index in [4.69, 9.17) is 4.74 Å². The van der Waals surface area contributed by atoms with E-state index in [2.05, 4.69) is 44.8 Å². The van der Waals surface area contributed by atoms with Crippen molar-refractivity contribution in [2.45, 2.75) is 40.2 Å². The summed E-state index contributed by atoms with van der Waals surface area (Å²) >= 11 is 0. The lowest BCUT2D eigenvalue weighted by Crippen LogP contribution is -2.29. The molecule has 0 aliphatic heterocycles. The number of nitrogens with zero attached hydrogens (tertiary/aromatic N) is 1. The van der Waals surface area contributed by atoms with Gasteiger partial charge in [-0.2, -0.15) is 0 Å². The fourth-order valence-corrected chi connectivity index (χ4v) is 3.03. The Morgan fingerprint density at radius 3 is 2.53 bits per heavy atom. The van der Waals surface area contributed by atoms with Gasteiger partial charge in [-0.1, -0.05) is 33.8 Å². The van der Waals surface area contributed by atoms with E-state index in [9.17, 15) is 0 Å². The van der Waals surface area contributed by atoms with Crippen LogP contribution in [0.2, 0.25) is 0 Å². The standard InChI is InChI=1S/C14H25NOSi/c1-11(2)9-13(12(3)4)16-10-17-14-7-5-6-8-15-14/h5-8,11-13H,9-10,17H2,1-4H3. The maximum absolute atomic E-state index is 6.04. The van der Waals surface area contributed by atoms with Crippen molar-refractivity contribution in [2.75, 3.05) is 6.23 Å². The zero-order valence-electron chi connectivity index (χ0n) is 11.5. The smallest absolute Gasteiger partial charge is 0.108 e. The zero-order valence-corrected chi connectivity index (χ0v) is 12.9. The molecule has 0 aliphatic carbocycles. The largest absolute Gasteiger partial charge is 0.381 e. The number of hydrogen-bond acceptors (Lipinski definition) is 2. The highest BCUT2D eigenvalue weighted by Crippen LogP contribution is 2.15. The summed E-state index contributed by atoms with van der Waals surface area (Å²) in [6.07, 6.45) is 4.35. The Balaban J connectivity index is 2.32. The van der Waals surface area contributed by atoms with Gasteiger partial charge in [-0.15, -0.1) is 0 Å². The van der Waals surface area contributed by atoms with E-state index in [-0.39, 0.29) is 9.52 Å². The molecule has 1 heterocycles. The van der Waals surface area contributed by atoms with Gasteiger partial charge in [0.1, 0.15) is 9.52 Å². The predicted octanol–water partition coefficient (Wildman–Crippen LogP) is 1.92. The zero-order chi connectivity index (χ0) is 12.7. The monoisotopic (exact) mass is 251 g/mol. The van der Waals surface area contributed by atoms with Crippen LogP contribution in [0.5, 0.6) is 0 Å². The Morgan fingerprint density at radius 1 is 1.24 bits per heavy atom. The van der Waals surface area contributed by atoms with Gasteiger partial charge in [-0.05, 0) is 30.4 Å². The minimum atomic E-state index is -0.353. The summed E-state index contributed by atoms with van der Waals surface area (Å²) in [6, 6.07) is 6.14. The Hall–Kier alpha value is -0.673. The van der Waals surface area contributed by atoms with E-state index in [1.165, 1.54) is 5.32 Å². The van der Waals surface area contributed by atoms with Crippen LogP contribution in [-0.4, -0.2) is 26.8 Å². The maximum Gasteiger partial charge on any atom is 0.108 e. The highest BCUT2D eigenvalue weighted by molar-refractivity contribution is 6.52. The van der Waals surface area contributed by atoms with Crippen molar-refractivity contribution in [3.63, 3.8) is 0 Å². The molecular formula is C14H25NOSi. The summed E-state index contributed by atoms with van der Waals surface area (Å²) in [6.45, 7) is 9.01. The van der Waals surface area contributed by atoms with Gasteiger partial charge < -0.3 is 4.74 Å². The molecule has 17 heavy (non-hydrogen) atoms. The second-order valence-electron chi connectivity index (χ2n) is 5.35. The van der Waals surface area contributed by atoms with Crippen LogP contribution in [0.4, 0.5) is 0 Å². The predicted molar refractivity (Wildman–Crippen MR) is 76.4 cm³/mol. The lowest BCUT2D eigenvalue weighted by atomic mass is 9.97. The topological polar surface area (TPSA) is 22.1 Å². The lowest BCUT2D eigenvalue weighted by Gasteiger charge is -2.23. The molecule has 0 radical (unpaired) electrons. The van der Waals surface area contributed by atoms with Gasteiger partial charge in [-0.25, -0.2) is 0 Å². The normalized spacial score (nSPS) is 14.0. The highest BCUT2D eigenvalue weighted by atomic mass is 28.2. The fraction of sp³-hybridized carbons (Fsp3) is 0.643. The Labute approximate surface area is 108 Å². The van der Waals surface area contributed by atoms with Crippen molar-refractivity contribution >= 4 is 14.8 Å². The molecular weight excluding hydrogens is 226 g/mol. The van der Waals surface area contributed by atoms with Crippen LogP contribution >= 0.6 is 0 Å². The van der Waals surface area contributed by atoms with E-state index in [1.807, 2.05) is 12.3 Å². The van der Waals surface area contributed by atoms with Crippen molar-refractivity contribution in [1.29, 1.82) is 0 Å². The summed E-state index contributed by atoms with van der Waals surface area (Å²) in [4.78, 5) is 4.36. The first-order chi connectivity index (χ1) is 8.09. The van der Waals surface area contributed by atoms with Crippen LogP contribution in [0.15, 0.2) is 24.4 Å². The van der Waals surface area contributed by atoms with Crippen LogP contribution in [0.3, 0.4) is 0 Å². The van der Waals surface area contributed by atoms with E-state index in [0.29, 0.717) is 17.9 Å². The van der Waals surface area contributed by atoms with Gasteiger partial charge in [0.15, 0.2) is 0 Å². The molecule has 0 aliphatic rings. The number of pyridine rings is 1. The van der Waals surface area contributed by atoms with E-state index >= 15 is 0 Å². The van der Waals surface area contributed by atoms with E-state index in [1.54, 1.807) is 0 Å². The van der Waals surface area contributed by atoms with E-state index in [0.717, 1.165) is 12.7 Å². The molecule has 0 N–H and O–H groups in total. The molecule has 1 rings (SSSR count). The molecule has 0 saturated heterocycles. The van der Waals surface area contributed by atoms with Gasteiger partial charge in [0.25, 0.3) is 0 Å². The molecule has 1 unspecified atom stereocenters. The Morgan fingerprint density at radius 2 is 2.00 bits per heavy atom. The summed E-state index contributed by atoms with van der Waals surface area (Å²) < 4.78 is 6.04. The van der Waals surface area contributed by atoms with Crippen LogP contribution in [0.25, 0.3) is 0 Å². The quantitative estimate of drug-likeness (QED) is 0.691. The minimum absolute atomic E-state index is 0.353. The van der Waals surface area contributed by atoms with Crippen molar-refractivity contribution < 1.29 is 4.74 Å². The van der Waals surface area contributed by atoms with Gasteiger partial charge >= 0.3 is 0 Å². The Bertz CT molecular complexity index is 300. The van der Waals surface area contributed by atoms with Crippen molar-refractivity contribution in [1.82, 2.24) is 4.98 Å². The third kappa shape index (κ3) is 5.98. The number of rotatable bonds is 7. The highest BCUT2D eigenvalue weighted by Gasteiger charge is 2.15. The summed E-state index contributed by atoms with van der Waals surface area (Å²) in [5.41, 5.74) is 0. The lowest BCUT2D eigenvalue weighted by molar-refractivity contribution is 0.0351. The van der Waals surface area contributed by atoms with Gasteiger partial charge in [0.05, 0.1) is 6.10 Å². The molecule has 0 fully saturated rings. The van der Waals surface area contributed by atoms with E-state index < -0.39 is 0 Å². The molecule has 2 nitrogen and oxygen atoms in total. The van der Waals surface area contributed by atoms with Crippen LogP contribution in [-0.2, 0) is 4.74 Å². The first kappa shape index (κ1) is 14.4. The average molecular weight is 251 g/mol. The summed E-state index contributed by atoms with van der Waals surface area (Å²) in [5.74, 6) is 1.31. The number of ether oxygens (including phenoxy) is 1. The molecule has 0 bridgehead atoms. The van der Waals surface area contributed by atoms with Crippen molar-refractivity contribution in [3.05, 3.63) is 24.4 Å². The molecule has 3 heteroatoms. The van der Waals surface area contributed by atoms with Gasteiger partial charge in [-0.3, -0.25) is 4.98 Å². The third-order valence-electron chi connectivity index (χ3n) is 2.86. The van der Waals surface area contributed by atoms with Crippen LogP contribution < -0.4 is 5.32 Å². The average Bonchev–Trinajstić information content (AvgIpc) is 2.28. The van der Waals surface area contributed by atoms with Gasteiger partial charge in [0, 0.05) is 17.7 Å². The molecule has 0 spiro atoms. The molecule has 1 atom stereocenters. The second-order valence-corrected chi connectivity index (χ2v) is 6.99. The fourth-order valence-electron chi connectivity index (χ4n) is 1.86. The first-order valence-electron chi connectivity index (χ1n) is 6.61. The molecule has 96 valence electrons.